The van der Waals surface area contributed by atoms with E-state index in [1.807, 2.05) is 17.0 Å². The molecular formula is C68H87N7O16. The van der Waals surface area contributed by atoms with Gasteiger partial charge in [-0.25, -0.2) is 9.69 Å². The van der Waals surface area contributed by atoms with Gasteiger partial charge in [-0.15, -0.1) is 0 Å². The molecular weight excluding hydrogens is 1170 g/mol. The van der Waals surface area contributed by atoms with Gasteiger partial charge in [-0.2, -0.15) is 0 Å². The Bertz CT molecular complexity index is 3250. The number of aryl methyl sites for hydroxylation is 1. The predicted octanol–water partition coefficient (Wildman–Crippen LogP) is 6.70. The number of rotatable bonds is 31. The van der Waals surface area contributed by atoms with E-state index in [4.69, 9.17) is 23.7 Å². The summed E-state index contributed by atoms with van der Waals surface area (Å²) in [6, 6.07) is 11.2. The number of hydrogen-bond donors (Lipinski definition) is 4. The van der Waals surface area contributed by atoms with Crippen LogP contribution in [0.15, 0.2) is 60.7 Å². The molecule has 0 bridgehead atoms. The van der Waals surface area contributed by atoms with Crippen LogP contribution in [0.5, 0.6) is 23.0 Å². The molecule has 6 aliphatic rings. The van der Waals surface area contributed by atoms with Crippen molar-refractivity contribution in [2.24, 2.45) is 17.3 Å². The summed E-state index contributed by atoms with van der Waals surface area (Å²) in [6.07, 6.45) is 10.1. The molecule has 6 atom stereocenters. The SMILES string of the molecule is CCC1C[C@H]2CCc3cc(OCCCCCOc4cc5c(cc4OC)C(=O)N4CC6(CC6)C[C@H]4C(O)N5C(=O)OCc4ccc(CC(=O)[C@H](C)NC(=O)[C@@H](NC(=O)CNC(=O)CCC(=O)CCCCCN5C(=O)C=CC5=O)C(C)C)cc4)c(OC)cc3C(=O)N2C1. The molecule has 1 spiro atoms. The molecule has 490 valence electrons. The topological polar surface area (TPSA) is 286 Å². The van der Waals surface area contributed by atoms with Crippen molar-refractivity contribution in [3.8, 4) is 23.0 Å². The van der Waals surface area contributed by atoms with Gasteiger partial charge in [0.15, 0.2) is 35.0 Å². The molecule has 1 saturated carbocycles. The van der Waals surface area contributed by atoms with Crippen molar-refractivity contribution in [1.29, 1.82) is 0 Å². The van der Waals surface area contributed by atoms with E-state index in [1.54, 1.807) is 62.3 Å². The number of nitrogens with one attached hydrogen (secondary N) is 3. The zero-order valence-corrected chi connectivity index (χ0v) is 53.1. The Hall–Kier alpha value is -8.34. The van der Waals surface area contributed by atoms with Crippen molar-refractivity contribution >= 4 is 64.7 Å². The molecule has 3 fully saturated rings. The third kappa shape index (κ3) is 16.4. The number of ether oxygens (including phenoxy) is 5. The van der Waals surface area contributed by atoms with E-state index < -0.39 is 54.7 Å². The van der Waals surface area contributed by atoms with Crippen molar-refractivity contribution in [2.75, 3.05) is 58.5 Å². The Kier molecular flexibility index (Phi) is 22.2. The number of anilines is 1. The number of unbranched alkanes of at least 4 members (excludes halogenated alkanes) is 4. The maximum absolute atomic E-state index is 14.4. The summed E-state index contributed by atoms with van der Waals surface area (Å²) in [5.41, 5.74) is 3.00. The van der Waals surface area contributed by atoms with E-state index >= 15 is 0 Å². The monoisotopic (exact) mass is 1260 g/mol. The number of fused-ring (bicyclic) bond motifs is 4. The summed E-state index contributed by atoms with van der Waals surface area (Å²) in [6.45, 7) is 8.71. The molecule has 0 radical (unpaired) electrons. The third-order valence-electron chi connectivity index (χ3n) is 18.5. The smallest absolute Gasteiger partial charge is 0.416 e. The van der Waals surface area contributed by atoms with Crippen LogP contribution < -0.4 is 39.8 Å². The lowest BCUT2D eigenvalue weighted by Crippen LogP contribution is -2.54. The minimum Gasteiger partial charge on any atom is -0.493 e. The van der Waals surface area contributed by atoms with E-state index in [0.717, 1.165) is 66.9 Å². The molecule has 2 saturated heterocycles. The Morgan fingerprint density at radius 1 is 0.725 bits per heavy atom. The van der Waals surface area contributed by atoms with Gasteiger partial charge in [0.2, 0.25) is 17.7 Å². The third-order valence-corrected chi connectivity index (χ3v) is 18.5. The number of carbonyl (C=O) groups is 10. The molecule has 3 aromatic carbocycles. The van der Waals surface area contributed by atoms with E-state index in [1.165, 1.54) is 26.2 Å². The highest BCUT2D eigenvalue weighted by atomic mass is 16.6. The van der Waals surface area contributed by atoms with Gasteiger partial charge in [-0.05, 0) is 130 Å². The highest BCUT2D eigenvalue weighted by molar-refractivity contribution is 6.13. The average Bonchev–Trinajstić information content (AvgIpc) is 1.58. The van der Waals surface area contributed by atoms with Crippen LogP contribution in [0.25, 0.3) is 0 Å². The Morgan fingerprint density at radius 2 is 1.37 bits per heavy atom. The number of aliphatic hydroxyl groups excluding tert-OH is 1. The standard InChI is InChI=1S/C68H87N7O16/c1-7-43-30-47-20-19-46-32-56(54(87-5)33-49(46)64(83)73(47)38-43)89-28-12-9-13-29-90-57-35-51-50(34-55(57)88-6)65(84)74-40-68(25-26-68)36-52(74)66(85)75(51)67(86)91-39-45-17-15-44(16-18-45)31-53(77)42(4)70-63(82)62(41(2)3)71-59(79)37-69-58(78)22-21-48(76)14-10-8-11-27-72-60(80)23-24-61(72)81/h15-18,23-24,32-35,41-43,47,52,62,66,85H,7-14,19-22,25-31,36-40H2,1-6H3,(H,69,78)(H,70,82)(H,71,79)/t42-,43?,47+,52-,62-,66?/m0/s1. The summed E-state index contributed by atoms with van der Waals surface area (Å²) in [4.78, 5) is 136. The van der Waals surface area contributed by atoms with Crippen molar-refractivity contribution in [2.45, 2.75) is 174 Å². The number of aliphatic hydroxyl groups is 1. The second kappa shape index (κ2) is 30.2. The molecule has 23 nitrogen and oxygen atoms in total. The number of ketones is 2. The van der Waals surface area contributed by atoms with Crippen molar-refractivity contribution < 1.29 is 76.7 Å². The number of imide groups is 1. The molecule has 8 amide bonds. The van der Waals surface area contributed by atoms with Gasteiger partial charge in [0.05, 0.1) is 57.3 Å². The summed E-state index contributed by atoms with van der Waals surface area (Å²) in [5.74, 6) is -1.33. The molecule has 0 aromatic heterocycles. The van der Waals surface area contributed by atoms with E-state index in [-0.39, 0.29) is 121 Å². The van der Waals surface area contributed by atoms with Crippen LogP contribution in [0.2, 0.25) is 0 Å². The first kappa shape index (κ1) is 67.1. The first-order chi connectivity index (χ1) is 43.7. The van der Waals surface area contributed by atoms with Gasteiger partial charge in [0, 0.05) is 75.1 Å². The van der Waals surface area contributed by atoms with Gasteiger partial charge in [0.25, 0.3) is 23.6 Å². The molecule has 91 heavy (non-hydrogen) atoms. The fourth-order valence-electron chi connectivity index (χ4n) is 12.9. The number of benzene rings is 3. The first-order valence-electron chi connectivity index (χ1n) is 32.2. The fraction of sp³-hybridized carbons (Fsp3) is 0.559. The summed E-state index contributed by atoms with van der Waals surface area (Å²) in [7, 11) is 3.05. The molecule has 5 heterocycles. The van der Waals surface area contributed by atoms with Crippen LogP contribution in [0.4, 0.5) is 10.5 Å². The van der Waals surface area contributed by atoms with Gasteiger partial charge in [-0.1, -0.05) is 57.9 Å². The fourth-order valence-corrected chi connectivity index (χ4v) is 12.9. The van der Waals surface area contributed by atoms with E-state index in [2.05, 4.69) is 22.9 Å². The number of carbonyl (C=O) groups excluding carboxylic acids is 10. The molecule has 3 aromatic rings. The average molecular weight is 1260 g/mol. The number of Topliss-reactive ketones (excluding diaryl/α,β-unsaturated/α-hetero) is 2. The summed E-state index contributed by atoms with van der Waals surface area (Å²) in [5, 5.41) is 19.9. The van der Waals surface area contributed by atoms with Crippen LogP contribution >= 0.6 is 0 Å². The van der Waals surface area contributed by atoms with Gasteiger partial charge >= 0.3 is 6.09 Å². The Morgan fingerprint density at radius 3 is 2.03 bits per heavy atom. The summed E-state index contributed by atoms with van der Waals surface area (Å²) < 4.78 is 29.9. The number of methoxy groups -OCH3 is 2. The highest BCUT2D eigenvalue weighted by Crippen LogP contribution is 2.57. The molecule has 1 aliphatic carbocycles. The Balaban J connectivity index is 0.730. The molecule has 2 unspecified atom stereocenters. The van der Waals surface area contributed by atoms with E-state index in [9.17, 15) is 53.1 Å². The normalized spacial score (nSPS) is 20.0. The molecule has 4 N–H and O–H groups in total. The lowest BCUT2D eigenvalue weighted by Gasteiger charge is -2.31. The van der Waals surface area contributed by atoms with Crippen LogP contribution in [-0.2, 0) is 57.7 Å². The Labute approximate surface area is 531 Å². The minimum absolute atomic E-state index is 0.0219. The van der Waals surface area contributed by atoms with Gasteiger partial charge in [-0.3, -0.25) is 48.1 Å². The maximum Gasteiger partial charge on any atom is 0.416 e. The molecule has 9 rings (SSSR count). The quantitative estimate of drug-likeness (QED) is 0.0385. The van der Waals surface area contributed by atoms with Crippen molar-refractivity contribution in [1.82, 2.24) is 30.7 Å². The number of hydrogen-bond acceptors (Lipinski definition) is 16. The maximum atomic E-state index is 14.4. The minimum atomic E-state index is -1.45. The van der Waals surface area contributed by atoms with Crippen molar-refractivity contribution in [3.05, 3.63) is 88.5 Å². The summed E-state index contributed by atoms with van der Waals surface area (Å²) >= 11 is 0. The first-order valence-corrected chi connectivity index (χ1v) is 32.2. The lowest BCUT2D eigenvalue weighted by molar-refractivity contribution is -0.137. The largest absolute Gasteiger partial charge is 0.493 e. The van der Waals surface area contributed by atoms with Gasteiger partial charge in [0.1, 0.15) is 18.4 Å². The number of amides is 8. The van der Waals surface area contributed by atoms with Crippen LogP contribution in [0.3, 0.4) is 0 Å². The molecule has 23 heteroatoms. The van der Waals surface area contributed by atoms with Crippen LogP contribution in [-0.4, -0.2) is 163 Å². The number of nitrogens with zero attached hydrogens (tertiary/aromatic N) is 4. The zero-order chi connectivity index (χ0) is 65.1. The second-order valence-corrected chi connectivity index (χ2v) is 25.4. The zero-order valence-electron chi connectivity index (χ0n) is 53.1. The molecule has 5 aliphatic heterocycles. The highest BCUT2D eigenvalue weighted by Gasteiger charge is 2.58. The lowest BCUT2D eigenvalue weighted by atomic mass is 9.97. The van der Waals surface area contributed by atoms with Crippen LogP contribution in [0, 0.1) is 17.3 Å². The van der Waals surface area contributed by atoms with Crippen LogP contribution in [0.1, 0.15) is 161 Å². The predicted molar refractivity (Wildman–Crippen MR) is 333 cm³/mol. The van der Waals surface area contributed by atoms with Crippen molar-refractivity contribution in [3.63, 3.8) is 0 Å². The van der Waals surface area contributed by atoms with E-state index in [0.29, 0.717) is 85.8 Å². The second-order valence-electron chi connectivity index (χ2n) is 25.4. The van der Waals surface area contributed by atoms with Gasteiger partial charge < -0.3 is 54.5 Å².